The lowest BCUT2D eigenvalue weighted by atomic mass is 10.1. The van der Waals surface area contributed by atoms with Crippen LogP contribution in [-0.4, -0.2) is 28.1 Å². The van der Waals surface area contributed by atoms with Crippen molar-refractivity contribution in [1.29, 1.82) is 0 Å². The summed E-state index contributed by atoms with van der Waals surface area (Å²) in [5, 5.41) is 4.22. The number of carbonyl (C=O) groups is 1. The number of fused-ring (bicyclic) bond motifs is 1. The lowest BCUT2D eigenvalue weighted by Gasteiger charge is -2.08. The van der Waals surface area contributed by atoms with Crippen LogP contribution >= 0.6 is 0 Å². The van der Waals surface area contributed by atoms with Crippen LogP contribution in [0.3, 0.4) is 0 Å². The predicted octanol–water partition coefficient (Wildman–Crippen LogP) is 3.00. The van der Waals surface area contributed by atoms with Crippen LogP contribution < -0.4 is 10.2 Å². The second kappa shape index (κ2) is 7.17. The molecule has 2 aromatic heterocycles. The molecule has 0 spiro atoms. The SMILES string of the molecule is COc1ccccc1C/C(C)=N\NC(=O)c1c(C)nc2ccccn12. The molecule has 0 atom stereocenters. The summed E-state index contributed by atoms with van der Waals surface area (Å²) >= 11 is 0. The van der Waals surface area contributed by atoms with Gasteiger partial charge in [-0.1, -0.05) is 24.3 Å². The van der Waals surface area contributed by atoms with E-state index in [1.807, 2.05) is 62.5 Å². The zero-order chi connectivity index (χ0) is 17.8. The van der Waals surface area contributed by atoms with Gasteiger partial charge in [0.25, 0.3) is 5.91 Å². The number of aromatic nitrogens is 2. The van der Waals surface area contributed by atoms with Crippen LogP contribution in [0.15, 0.2) is 53.8 Å². The summed E-state index contributed by atoms with van der Waals surface area (Å²) in [4.78, 5) is 16.9. The number of nitrogens with one attached hydrogen (secondary N) is 1. The Morgan fingerprint density at radius 2 is 2.00 bits per heavy atom. The smallest absolute Gasteiger partial charge is 0.290 e. The van der Waals surface area contributed by atoms with Crippen LogP contribution in [-0.2, 0) is 6.42 Å². The van der Waals surface area contributed by atoms with E-state index < -0.39 is 0 Å². The molecule has 0 aliphatic heterocycles. The number of imidazole rings is 1. The van der Waals surface area contributed by atoms with E-state index >= 15 is 0 Å². The number of aryl methyl sites for hydroxylation is 1. The van der Waals surface area contributed by atoms with Gasteiger partial charge in [-0.15, -0.1) is 0 Å². The van der Waals surface area contributed by atoms with Crippen LogP contribution in [0, 0.1) is 6.92 Å². The molecule has 6 heteroatoms. The van der Waals surface area contributed by atoms with Gasteiger partial charge in [0.1, 0.15) is 17.1 Å². The molecule has 0 aliphatic rings. The molecule has 0 aliphatic carbocycles. The van der Waals surface area contributed by atoms with Gasteiger partial charge >= 0.3 is 0 Å². The van der Waals surface area contributed by atoms with E-state index in [4.69, 9.17) is 4.74 Å². The summed E-state index contributed by atoms with van der Waals surface area (Å²) < 4.78 is 7.10. The van der Waals surface area contributed by atoms with Gasteiger partial charge in [0, 0.05) is 18.3 Å². The van der Waals surface area contributed by atoms with Crippen LogP contribution in [0.2, 0.25) is 0 Å². The molecule has 1 aromatic carbocycles. The number of pyridine rings is 1. The van der Waals surface area contributed by atoms with Crippen LogP contribution in [0.1, 0.15) is 28.7 Å². The topological polar surface area (TPSA) is 68.0 Å². The number of methoxy groups -OCH3 is 1. The molecule has 25 heavy (non-hydrogen) atoms. The minimum absolute atomic E-state index is 0.282. The number of ether oxygens (including phenoxy) is 1. The zero-order valence-corrected chi connectivity index (χ0v) is 14.5. The Morgan fingerprint density at radius 1 is 1.24 bits per heavy atom. The average Bonchev–Trinajstić information content (AvgIpc) is 2.96. The number of amides is 1. The summed E-state index contributed by atoms with van der Waals surface area (Å²) in [5.74, 6) is 0.525. The highest BCUT2D eigenvalue weighted by molar-refractivity contribution is 5.95. The van der Waals surface area contributed by atoms with E-state index in [1.165, 1.54) is 0 Å². The second-order valence-electron chi connectivity index (χ2n) is 5.75. The van der Waals surface area contributed by atoms with E-state index in [0.717, 1.165) is 22.7 Å². The van der Waals surface area contributed by atoms with Crippen molar-refractivity contribution in [2.24, 2.45) is 5.10 Å². The molecule has 3 rings (SSSR count). The van der Waals surface area contributed by atoms with Gasteiger partial charge in [0.15, 0.2) is 0 Å². The van der Waals surface area contributed by atoms with E-state index in [1.54, 1.807) is 11.5 Å². The van der Waals surface area contributed by atoms with Crippen molar-refractivity contribution in [2.45, 2.75) is 20.3 Å². The van der Waals surface area contributed by atoms with Crippen molar-refractivity contribution in [3.8, 4) is 5.75 Å². The standard InChI is InChI=1S/C19H20N4O2/c1-13(12-15-8-4-5-9-16(15)25-3)21-22-19(24)18-14(2)20-17-10-6-7-11-23(17)18/h4-11H,12H2,1-3H3,(H,22,24)/b21-13-. The number of hydrogen-bond acceptors (Lipinski definition) is 4. The van der Waals surface area contributed by atoms with Crippen molar-refractivity contribution in [3.63, 3.8) is 0 Å². The molecule has 0 bridgehead atoms. The summed E-state index contributed by atoms with van der Waals surface area (Å²) in [6.07, 6.45) is 2.41. The van der Waals surface area contributed by atoms with E-state index in [9.17, 15) is 4.79 Å². The van der Waals surface area contributed by atoms with Gasteiger partial charge in [-0.25, -0.2) is 10.4 Å². The molecule has 0 unspecified atom stereocenters. The number of hydrogen-bond donors (Lipinski definition) is 1. The predicted molar refractivity (Wildman–Crippen MR) is 97.2 cm³/mol. The molecule has 0 saturated carbocycles. The molecule has 1 amide bonds. The van der Waals surface area contributed by atoms with Crippen LogP contribution in [0.4, 0.5) is 0 Å². The van der Waals surface area contributed by atoms with Crippen molar-refractivity contribution in [1.82, 2.24) is 14.8 Å². The third-order valence-corrected chi connectivity index (χ3v) is 3.91. The highest BCUT2D eigenvalue weighted by Crippen LogP contribution is 2.18. The number of para-hydroxylation sites is 1. The van der Waals surface area contributed by atoms with Gasteiger partial charge < -0.3 is 4.74 Å². The Bertz CT molecular complexity index is 944. The monoisotopic (exact) mass is 336 g/mol. The Labute approximate surface area is 146 Å². The number of hydrazone groups is 1. The molecular formula is C19H20N4O2. The summed E-state index contributed by atoms with van der Waals surface area (Å²) in [6, 6.07) is 13.4. The van der Waals surface area contributed by atoms with Gasteiger partial charge in [-0.05, 0) is 37.6 Å². The minimum atomic E-state index is -0.282. The third-order valence-electron chi connectivity index (χ3n) is 3.91. The maximum absolute atomic E-state index is 12.5. The van der Waals surface area contributed by atoms with Gasteiger partial charge in [-0.3, -0.25) is 9.20 Å². The fraction of sp³-hybridized carbons (Fsp3) is 0.211. The maximum atomic E-state index is 12.5. The van der Waals surface area contributed by atoms with Crippen LogP contribution in [0.25, 0.3) is 5.65 Å². The highest BCUT2D eigenvalue weighted by Gasteiger charge is 2.15. The van der Waals surface area contributed by atoms with Crippen molar-refractivity contribution in [3.05, 3.63) is 65.6 Å². The first-order valence-corrected chi connectivity index (χ1v) is 7.99. The van der Waals surface area contributed by atoms with E-state index in [0.29, 0.717) is 17.8 Å². The molecule has 0 fully saturated rings. The molecule has 128 valence electrons. The highest BCUT2D eigenvalue weighted by atomic mass is 16.5. The van der Waals surface area contributed by atoms with E-state index in [-0.39, 0.29) is 5.91 Å². The first-order valence-electron chi connectivity index (χ1n) is 7.99. The first-order chi connectivity index (χ1) is 12.1. The zero-order valence-electron chi connectivity index (χ0n) is 14.5. The third kappa shape index (κ3) is 3.52. The molecule has 3 aromatic rings. The minimum Gasteiger partial charge on any atom is -0.496 e. The van der Waals surface area contributed by atoms with Gasteiger partial charge in [-0.2, -0.15) is 5.10 Å². The van der Waals surface area contributed by atoms with Crippen molar-refractivity contribution >= 4 is 17.3 Å². The van der Waals surface area contributed by atoms with E-state index in [2.05, 4.69) is 15.5 Å². The fourth-order valence-electron chi connectivity index (χ4n) is 2.75. The Hall–Kier alpha value is -3.15. The number of nitrogens with zero attached hydrogens (tertiary/aromatic N) is 3. The fourth-order valence-corrected chi connectivity index (χ4v) is 2.75. The summed E-state index contributed by atoms with van der Waals surface area (Å²) in [6.45, 7) is 3.68. The lowest BCUT2D eigenvalue weighted by molar-refractivity contribution is 0.0948. The van der Waals surface area contributed by atoms with Gasteiger partial charge in [0.2, 0.25) is 0 Å². The second-order valence-corrected chi connectivity index (χ2v) is 5.75. The largest absolute Gasteiger partial charge is 0.496 e. The summed E-state index contributed by atoms with van der Waals surface area (Å²) in [7, 11) is 1.64. The molecule has 0 saturated heterocycles. The van der Waals surface area contributed by atoms with Crippen molar-refractivity contribution in [2.75, 3.05) is 7.11 Å². The lowest BCUT2D eigenvalue weighted by Crippen LogP contribution is -2.22. The molecule has 0 radical (unpaired) electrons. The normalized spacial score (nSPS) is 11.6. The molecule has 2 heterocycles. The maximum Gasteiger partial charge on any atom is 0.290 e. The Morgan fingerprint density at radius 3 is 2.80 bits per heavy atom. The Balaban J connectivity index is 1.76. The number of rotatable bonds is 5. The van der Waals surface area contributed by atoms with Gasteiger partial charge in [0.05, 0.1) is 12.8 Å². The van der Waals surface area contributed by atoms with Crippen LogP contribution in [0.5, 0.6) is 5.75 Å². The average molecular weight is 336 g/mol. The number of carbonyl (C=O) groups excluding carboxylic acids is 1. The molecule has 1 N–H and O–H groups in total. The Kier molecular flexibility index (Phi) is 4.79. The first kappa shape index (κ1) is 16.7. The van der Waals surface area contributed by atoms with Crippen molar-refractivity contribution < 1.29 is 9.53 Å². The molecular weight excluding hydrogens is 316 g/mol. The quantitative estimate of drug-likeness (QED) is 0.575. The molecule has 6 nitrogen and oxygen atoms in total. The summed E-state index contributed by atoms with van der Waals surface area (Å²) in [5.41, 5.74) is 6.32. The number of benzene rings is 1.